The van der Waals surface area contributed by atoms with Crippen LogP contribution in [0.25, 0.3) is 0 Å². The van der Waals surface area contributed by atoms with Crippen molar-refractivity contribution in [1.29, 1.82) is 0 Å². The maximum absolute atomic E-state index is 12.5. The second-order valence-electron chi connectivity index (χ2n) is 6.82. The van der Waals surface area contributed by atoms with Crippen LogP contribution in [0.4, 0.5) is 4.79 Å². The fourth-order valence-electron chi connectivity index (χ4n) is 3.52. The van der Waals surface area contributed by atoms with Crippen molar-refractivity contribution >= 4 is 27.9 Å². The van der Waals surface area contributed by atoms with E-state index in [1.807, 2.05) is 0 Å². The molecule has 0 unspecified atom stereocenters. The molecule has 10 heteroatoms. The number of nitrogens with zero attached hydrogens (tertiary/aromatic N) is 1. The number of imide groups is 1. The quantitative estimate of drug-likeness (QED) is 0.451. The smallest absolute Gasteiger partial charge is 0.325 e. The molecule has 3 rings (SSSR count). The zero-order valence-electron chi connectivity index (χ0n) is 14.7. The molecule has 146 valence electrons. The number of hydrogen-bond donors (Lipinski definition) is 3. The van der Waals surface area contributed by atoms with Gasteiger partial charge in [-0.15, -0.1) is 0 Å². The summed E-state index contributed by atoms with van der Waals surface area (Å²) in [6.07, 6.45) is 3.43. The molecular formula is C17H22N4O5S. The van der Waals surface area contributed by atoms with Crippen molar-refractivity contribution in [2.24, 2.45) is 5.73 Å². The van der Waals surface area contributed by atoms with Crippen molar-refractivity contribution in [1.82, 2.24) is 14.9 Å². The number of hydrogen-bond acceptors (Lipinski definition) is 5. The highest BCUT2D eigenvalue weighted by Crippen LogP contribution is 2.34. The van der Waals surface area contributed by atoms with Gasteiger partial charge in [-0.05, 0) is 43.5 Å². The van der Waals surface area contributed by atoms with Crippen molar-refractivity contribution < 1.29 is 22.8 Å². The van der Waals surface area contributed by atoms with Crippen LogP contribution in [0.2, 0.25) is 0 Å². The molecule has 1 saturated carbocycles. The van der Waals surface area contributed by atoms with E-state index < -0.39 is 27.5 Å². The third-order valence-electron chi connectivity index (χ3n) is 5.00. The van der Waals surface area contributed by atoms with Crippen LogP contribution in [-0.2, 0) is 14.8 Å². The van der Waals surface area contributed by atoms with Crippen LogP contribution in [0.3, 0.4) is 0 Å². The summed E-state index contributed by atoms with van der Waals surface area (Å²) in [5.74, 6) is -0.851. The molecule has 1 saturated heterocycles. The highest BCUT2D eigenvalue weighted by molar-refractivity contribution is 7.89. The van der Waals surface area contributed by atoms with E-state index in [1.165, 1.54) is 29.2 Å². The minimum atomic E-state index is -3.75. The monoisotopic (exact) mass is 394 g/mol. The summed E-state index contributed by atoms with van der Waals surface area (Å²) in [5.41, 5.74) is 4.59. The lowest BCUT2D eigenvalue weighted by molar-refractivity contribution is -0.131. The number of carbonyl (C=O) groups is 3. The average Bonchev–Trinajstić information content (AvgIpc) is 3.18. The molecule has 1 heterocycles. The van der Waals surface area contributed by atoms with Crippen LogP contribution in [0.5, 0.6) is 0 Å². The van der Waals surface area contributed by atoms with Gasteiger partial charge in [0.1, 0.15) is 5.54 Å². The van der Waals surface area contributed by atoms with E-state index in [9.17, 15) is 22.8 Å². The number of urea groups is 1. The fraction of sp³-hybridized carbons (Fsp3) is 0.471. The molecule has 0 radical (unpaired) electrons. The molecule has 0 atom stereocenters. The Balaban J connectivity index is 1.53. The van der Waals surface area contributed by atoms with Gasteiger partial charge >= 0.3 is 6.03 Å². The Kier molecular flexibility index (Phi) is 5.20. The van der Waals surface area contributed by atoms with E-state index in [4.69, 9.17) is 5.73 Å². The zero-order chi connectivity index (χ0) is 19.7. The molecule has 1 aliphatic carbocycles. The predicted octanol–water partition coefficient (Wildman–Crippen LogP) is 0.319. The predicted molar refractivity (Wildman–Crippen MR) is 96.2 cm³/mol. The van der Waals surface area contributed by atoms with E-state index in [2.05, 4.69) is 10.0 Å². The molecular weight excluding hydrogens is 372 g/mol. The lowest BCUT2D eigenvalue weighted by Gasteiger charge is -2.20. The number of nitrogens with one attached hydrogen (secondary N) is 2. The van der Waals surface area contributed by atoms with Crippen molar-refractivity contribution in [3.63, 3.8) is 0 Å². The molecule has 1 aromatic carbocycles. The molecule has 1 aromatic rings. The summed E-state index contributed by atoms with van der Waals surface area (Å²) >= 11 is 0. The van der Waals surface area contributed by atoms with Crippen LogP contribution < -0.4 is 15.8 Å². The Labute approximate surface area is 157 Å². The molecule has 4 N–H and O–H groups in total. The summed E-state index contributed by atoms with van der Waals surface area (Å²) in [5, 5.41) is 2.79. The Morgan fingerprint density at radius 2 is 1.81 bits per heavy atom. The number of benzene rings is 1. The lowest BCUT2D eigenvalue weighted by Crippen LogP contribution is -2.44. The summed E-state index contributed by atoms with van der Waals surface area (Å²) < 4.78 is 26.9. The van der Waals surface area contributed by atoms with E-state index in [0.29, 0.717) is 19.3 Å². The Bertz CT molecular complexity index is 860. The topological polar surface area (TPSA) is 139 Å². The van der Waals surface area contributed by atoms with Crippen LogP contribution in [0, 0.1) is 0 Å². The number of nitrogens with two attached hydrogens (primary N) is 1. The third kappa shape index (κ3) is 3.81. The molecule has 0 aromatic heterocycles. The molecule has 0 bridgehead atoms. The van der Waals surface area contributed by atoms with Crippen LogP contribution in [-0.4, -0.2) is 49.8 Å². The normalized spacial score (nSPS) is 18.9. The summed E-state index contributed by atoms with van der Waals surface area (Å²) in [6.45, 7) is 0.222. The molecule has 2 aliphatic rings. The highest BCUT2D eigenvalue weighted by Gasteiger charge is 2.51. The van der Waals surface area contributed by atoms with Gasteiger partial charge in [-0.2, -0.15) is 0 Å². The number of primary amides is 1. The van der Waals surface area contributed by atoms with Crippen molar-refractivity contribution in [3.05, 3.63) is 29.8 Å². The standard InChI is InChI=1S/C17H22N4O5S/c18-14(22)12-4-6-13(7-5-12)27(25,26)19-10-3-11-21-15(23)17(20-16(21)24)8-1-2-9-17/h4-7,19H,1-3,8-11H2,(H2,18,22)(H,20,24). The SMILES string of the molecule is NC(=O)c1ccc(S(=O)(=O)NCCCN2C(=O)NC3(CCCC3)C2=O)cc1. The van der Waals surface area contributed by atoms with Gasteiger partial charge in [-0.1, -0.05) is 12.8 Å². The second kappa shape index (κ2) is 7.28. The van der Waals surface area contributed by atoms with E-state index in [1.54, 1.807) is 0 Å². The Hall–Kier alpha value is -2.46. The third-order valence-corrected chi connectivity index (χ3v) is 6.48. The molecule has 27 heavy (non-hydrogen) atoms. The van der Waals surface area contributed by atoms with Crippen molar-refractivity contribution in [3.8, 4) is 0 Å². The van der Waals surface area contributed by atoms with Crippen LogP contribution in [0.1, 0.15) is 42.5 Å². The molecule has 4 amide bonds. The van der Waals surface area contributed by atoms with E-state index in [-0.39, 0.29) is 29.5 Å². The van der Waals surface area contributed by atoms with Crippen molar-refractivity contribution in [2.45, 2.75) is 42.5 Å². The van der Waals surface area contributed by atoms with Gasteiger partial charge in [0, 0.05) is 18.7 Å². The number of carbonyl (C=O) groups excluding carboxylic acids is 3. The summed E-state index contributed by atoms with van der Waals surface area (Å²) in [7, 11) is -3.75. The van der Waals surface area contributed by atoms with Gasteiger partial charge in [-0.25, -0.2) is 17.9 Å². The molecule has 1 spiro atoms. The first-order valence-electron chi connectivity index (χ1n) is 8.79. The average molecular weight is 394 g/mol. The van der Waals surface area contributed by atoms with Crippen LogP contribution >= 0.6 is 0 Å². The molecule has 9 nitrogen and oxygen atoms in total. The first-order valence-corrected chi connectivity index (χ1v) is 10.3. The summed E-state index contributed by atoms with van der Waals surface area (Å²) in [4.78, 5) is 36.8. The van der Waals surface area contributed by atoms with E-state index in [0.717, 1.165) is 12.8 Å². The van der Waals surface area contributed by atoms with Gasteiger partial charge in [0.2, 0.25) is 15.9 Å². The Morgan fingerprint density at radius 1 is 1.19 bits per heavy atom. The maximum Gasteiger partial charge on any atom is 0.325 e. The van der Waals surface area contributed by atoms with E-state index >= 15 is 0 Å². The summed E-state index contributed by atoms with van der Waals surface area (Å²) in [6, 6.07) is 4.86. The largest absolute Gasteiger partial charge is 0.366 e. The number of sulfonamides is 1. The first-order chi connectivity index (χ1) is 12.8. The fourth-order valence-corrected chi connectivity index (χ4v) is 4.60. The lowest BCUT2D eigenvalue weighted by atomic mass is 9.98. The molecule has 1 aliphatic heterocycles. The second-order valence-corrected chi connectivity index (χ2v) is 8.58. The van der Waals surface area contributed by atoms with Crippen LogP contribution in [0.15, 0.2) is 29.2 Å². The van der Waals surface area contributed by atoms with Gasteiger partial charge in [-0.3, -0.25) is 14.5 Å². The maximum atomic E-state index is 12.5. The first kappa shape index (κ1) is 19.3. The van der Waals surface area contributed by atoms with Gasteiger partial charge in [0.05, 0.1) is 4.90 Å². The minimum Gasteiger partial charge on any atom is -0.366 e. The zero-order valence-corrected chi connectivity index (χ0v) is 15.5. The van der Waals surface area contributed by atoms with Crippen molar-refractivity contribution in [2.75, 3.05) is 13.1 Å². The van der Waals surface area contributed by atoms with Gasteiger partial charge < -0.3 is 11.1 Å². The minimum absolute atomic E-state index is 0.00685. The van der Waals surface area contributed by atoms with Gasteiger partial charge in [0.15, 0.2) is 0 Å². The Morgan fingerprint density at radius 3 is 2.41 bits per heavy atom. The van der Waals surface area contributed by atoms with Gasteiger partial charge in [0.25, 0.3) is 5.91 Å². The highest BCUT2D eigenvalue weighted by atomic mass is 32.2. The number of rotatable bonds is 7. The number of amides is 4. The molecule has 2 fully saturated rings.